The van der Waals surface area contributed by atoms with Gasteiger partial charge in [0, 0.05) is 18.8 Å². The molecule has 2 heterocycles. The number of aromatic amines is 1. The van der Waals surface area contributed by atoms with Gasteiger partial charge in [0.25, 0.3) is 5.91 Å². The Balaban J connectivity index is 1.70. The van der Waals surface area contributed by atoms with Crippen LogP contribution in [0.3, 0.4) is 0 Å². The lowest BCUT2D eigenvalue weighted by Crippen LogP contribution is -2.18. The number of benzene rings is 1. The van der Waals surface area contributed by atoms with Crippen LogP contribution in [0.25, 0.3) is 11.4 Å². The van der Waals surface area contributed by atoms with E-state index in [4.69, 9.17) is 9.47 Å². The summed E-state index contributed by atoms with van der Waals surface area (Å²) in [6, 6.07) is 10.8. The van der Waals surface area contributed by atoms with Crippen LogP contribution in [0, 0.1) is 0 Å². The van der Waals surface area contributed by atoms with E-state index in [2.05, 4.69) is 20.7 Å². The summed E-state index contributed by atoms with van der Waals surface area (Å²) in [4.78, 5) is 12.2. The number of carbonyl (C=O) groups excluding carboxylic acids is 1. The normalized spacial score (nSPS) is 10.9. The molecule has 3 aromatic rings. The molecule has 1 amide bonds. The molecule has 2 N–H and O–H groups in total. The van der Waals surface area contributed by atoms with Crippen molar-refractivity contribution in [1.82, 2.24) is 20.2 Å². The summed E-state index contributed by atoms with van der Waals surface area (Å²) in [6.07, 6.45) is 3.41. The highest BCUT2D eigenvalue weighted by Crippen LogP contribution is 2.22. The molecule has 0 unspecified atom stereocenters. The largest absolute Gasteiger partial charge is 0.497 e. The van der Waals surface area contributed by atoms with Crippen LogP contribution in [0.2, 0.25) is 0 Å². The van der Waals surface area contributed by atoms with Crippen molar-refractivity contribution < 1.29 is 14.3 Å². The molecule has 0 bridgehead atoms. The van der Waals surface area contributed by atoms with Crippen molar-refractivity contribution in [2.24, 2.45) is 12.1 Å². The average molecular weight is 353 g/mol. The van der Waals surface area contributed by atoms with Gasteiger partial charge < -0.3 is 14.0 Å². The number of nitrogens with one attached hydrogen (secondary N) is 2. The van der Waals surface area contributed by atoms with E-state index < -0.39 is 5.91 Å². The van der Waals surface area contributed by atoms with Gasteiger partial charge in [-0.2, -0.15) is 10.2 Å². The standard InChI is InChI=1S/C18H19N5O3/c1-23-8-4-5-16(23)14-10-15(21-20-14)18(24)22-19-11-12-9-13(25-2)6-7-17(12)26-3/h4-11H,1-3H3,(H,20,21)(H,22,24). The predicted molar refractivity (Wildman–Crippen MR) is 97.6 cm³/mol. The maximum atomic E-state index is 12.2. The summed E-state index contributed by atoms with van der Waals surface area (Å²) in [5.74, 6) is 0.895. The summed E-state index contributed by atoms with van der Waals surface area (Å²) < 4.78 is 12.4. The number of aromatic nitrogens is 3. The third kappa shape index (κ3) is 3.59. The molecule has 0 aliphatic carbocycles. The second-order valence-electron chi connectivity index (χ2n) is 5.48. The van der Waals surface area contributed by atoms with Crippen molar-refractivity contribution in [3.05, 3.63) is 53.9 Å². The van der Waals surface area contributed by atoms with E-state index in [0.717, 1.165) is 5.69 Å². The molecule has 0 aliphatic rings. The van der Waals surface area contributed by atoms with Crippen LogP contribution in [0.1, 0.15) is 16.1 Å². The molecule has 0 saturated heterocycles. The Labute approximate surface area is 150 Å². The maximum Gasteiger partial charge on any atom is 0.289 e. The lowest BCUT2D eigenvalue weighted by Gasteiger charge is -2.06. The number of hydrogen-bond donors (Lipinski definition) is 2. The average Bonchev–Trinajstić information content (AvgIpc) is 3.30. The van der Waals surface area contributed by atoms with Gasteiger partial charge in [-0.25, -0.2) is 5.43 Å². The summed E-state index contributed by atoms with van der Waals surface area (Å²) in [6.45, 7) is 0. The Bertz CT molecular complexity index is 942. The van der Waals surface area contributed by atoms with Crippen molar-refractivity contribution in [2.75, 3.05) is 14.2 Å². The van der Waals surface area contributed by atoms with Crippen LogP contribution in [0.5, 0.6) is 11.5 Å². The fraction of sp³-hybridized carbons (Fsp3) is 0.167. The van der Waals surface area contributed by atoms with Crippen molar-refractivity contribution in [2.45, 2.75) is 0 Å². The topological polar surface area (TPSA) is 93.5 Å². The van der Waals surface area contributed by atoms with Crippen LogP contribution in [0.15, 0.2) is 47.7 Å². The van der Waals surface area contributed by atoms with Crippen LogP contribution in [0.4, 0.5) is 0 Å². The Morgan fingerprint density at radius 3 is 2.81 bits per heavy atom. The van der Waals surface area contributed by atoms with Crippen LogP contribution in [-0.4, -0.2) is 41.1 Å². The van der Waals surface area contributed by atoms with Crippen molar-refractivity contribution >= 4 is 12.1 Å². The predicted octanol–water partition coefficient (Wildman–Crippen LogP) is 2.20. The van der Waals surface area contributed by atoms with Gasteiger partial charge in [-0.1, -0.05) is 0 Å². The first kappa shape index (κ1) is 17.3. The molecule has 0 radical (unpaired) electrons. The van der Waals surface area contributed by atoms with Gasteiger partial charge in [0.05, 0.1) is 26.1 Å². The van der Waals surface area contributed by atoms with Crippen LogP contribution in [-0.2, 0) is 7.05 Å². The number of H-pyrrole nitrogens is 1. The number of hydrogen-bond acceptors (Lipinski definition) is 5. The third-order valence-electron chi connectivity index (χ3n) is 3.84. The highest BCUT2D eigenvalue weighted by Gasteiger charge is 2.12. The van der Waals surface area contributed by atoms with E-state index in [1.807, 2.05) is 29.9 Å². The molecule has 8 nitrogen and oxygen atoms in total. The van der Waals surface area contributed by atoms with Gasteiger partial charge in [0.2, 0.25) is 0 Å². The first-order valence-electron chi connectivity index (χ1n) is 7.85. The van der Waals surface area contributed by atoms with E-state index >= 15 is 0 Å². The van der Waals surface area contributed by atoms with E-state index in [1.165, 1.54) is 6.21 Å². The first-order valence-corrected chi connectivity index (χ1v) is 7.85. The number of nitrogens with zero attached hydrogens (tertiary/aromatic N) is 3. The van der Waals surface area contributed by atoms with Gasteiger partial charge >= 0.3 is 0 Å². The molecule has 0 fully saturated rings. The lowest BCUT2D eigenvalue weighted by atomic mass is 10.2. The molecule has 134 valence electrons. The van der Waals surface area contributed by atoms with E-state index in [9.17, 15) is 4.79 Å². The van der Waals surface area contributed by atoms with Gasteiger partial charge in [-0.05, 0) is 36.4 Å². The molecular weight excluding hydrogens is 334 g/mol. The minimum Gasteiger partial charge on any atom is -0.497 e. The monoisotopic (exact) mass is 353 g/mol. The van der Waals surface area contributed by atoms with Gasteiger partial charge in [-0.3, -0.25) is 9.89 Å². The summed E-state index contributed by atoms with van der Waals surface area (Å²) in [7, 11) is 5.05. The number of aryl methyl sites for hydroxylation is 1. The van der Waals surface area contributed by atoms with Crippen LogP contribution >= 0.6 is 0 Å². The van der Waals surface area contributed by atoms with Crippen molar-refractivity contribution in [3.8, 4) is 22.9 Å². The Kier molecular flexibility index (Phi) is 5.02. The number of hydrazone groups is 1. The number of carbonyl (C=O) groups is 1. The molecule has 2 aromatic heterocycles. The number of amides is 1. The number of rotatable bonds is 6. The fourth-order valence-corrected chi connectivity index (χ4v) is 2.46. The minimum atomic E-state index is -0.393. The molecule has 1 aromatic carbocycles. The second-order valence-corrected chi connectivity index (χ2v) is 5.48. The highest BCUT2D eigenvalue weighted by atomic mass is 16.5. The Morgan fingerprint density at radius 1 is 1.27 bits per heavy atom. The van der Waals surface area contributed by atoms with Gasteiger partial charge in [0.15, 0.2) is 0 Å². The van der Waals surface area contributed by atoms with Crippen LogP contribution < -0.4 is 14.9 Å². The summed E-state index contributed by atoms with van der Waals surface area (Å²) in [5, 5.41) is 10.9. The lowest BCUT2D eigenvalue weighted by molar-refractivity contribution is 0.0950. The zero-order chi connectivity index (χ0) is 18.5. The van der Waals surface area contributed by atoms with E-state index in [-0.39, 0.29) is 0 Å². The quantitative estimate of drug-likeness (QED) is 0.525. The zero-order valence-corrected chi connectivity index (χ0v) is 14.7. The van der Waals surface area contributed by atoms with Gasteiger partial charge in [-0.15, -0.1) is 0 Å². The minimum absolute atomic E-state index is 0.316. The maximum absolute atomic E-state index is 12.2. The molecule has 0 saturated carbocycles. The Morgan fingerprint density at radius 2 is 2.12 bits per heavy atom. The summed E-state index contributed by atoms with van der Waals surface area (Å²) >= 11 is 0. The van der Waals surface area contributed by atoms with Gasteiger partial charge in [0.1, 0.15) is 22.9 Å². The third-order valence-corrected chi connectivity index (χ3v) is 3.84. The molecule has 26 heavy (non-hydrogen) atoms. The second kappa shape index (κ2) is 7.56. The summed E-state index contributed by atoms with van der Waals surface area (Å²) in [5.41, 5.74) is 5.05. The highest BCUT2D eigenvalue weighted by molar-refractivity contribution is 5.94. The molecule has 0 spiro atoms. The Hall–Kier alpha value is -3.55. The first-order chi connectivity index (χ1) is 12.6. The molecule has 8 heteroatoms. The SMILES string of the molecule is COc1ccc(OC)c(C=NNC(=O)c2cc(-c3cccn3C)n[nH]2)c1. The fourth-order valence-electron chi connectivity index (χ4n) is 2.46. The van der Waals surface area contributed by atoms with Crippen molar-refractivity contribution in [3.63, 3.8) is 0 Å². The smallest absolute Gasteiger partial charge is 0.289 e. The molecule has 0 atom stereocenters. The number of ether oxygens (including phenoxy) is 2. The van der Waals surface area contributed by atoms with Crippen molar-refractivity contribution in [1.29, 1.82) is 0 Å². The molecule has 0 aliphatic heterocycles. The molecular formula is C18H19N5O3. The van der Waals surface area contributed by atoms with E-state index in [1.54, 1.807) is 38.5 Å². The number of methoxy groups -OCH3 is 2. The van der Waals surface area contributed by atoms with E-state index in [0.29, 0.717) is 28.5 Å². The molecule has 3 rings (SSSR count). The zero-order valence-electron chi connectivity index (χ0n) is 14.7.